The van der Waals surface area contributed by atoms with Crippen molar-refractivity contribution in [2.75, 3.05) is 5.32 Å². The second-order valence-electron chi connectivity index (χ2n) is 3.20. The Bertz CT molecular complexity index is 528. The lowest BCUT2D eigenvalue weighted by molar-refractivity contribution is 0.0698. The van der Waals surface area contributed by atoms with Crippen molar-refractivity contribution < 1.29 is 14.4 Å². The number of aromatic nitrogens is 2. The Kier molecular flexibility index (Phi) is 3.38. The average molecular weight is 298 g/mol. The summed E-state index contributed by atoms with van der Waals surface area (Å²) in [5.74, 6) is -0.533. The molecule has 0 atom stereocenters. The van der Waals surface area contributed by atoms with E-state index < -0.39 is 5.97 Å². The van der Waals surface area contributed by atoms with E-state index in [1.54, 1.807) is 12.1 Å². The van der Waals surface area contributed by atoms with E-state index in [4.69, 9.17) is 5.11 Å². The van der Waals surface area contributed by atoms with Crippen LogP contribution >= 0.6 is 15.9 Å². The van der Waals surface area contributed by atoms with E-state index in [1.807, 2.05) is 0 Å². The summed E-state index contributed by atoms with van der Waals surface area (Å²) in [6, 6.07) is 4.87. The molecule has 1 heterocycles. The van der Waals surface area contributed by atoms with Crippen LogP contribution in [0.1, 0.15) is 16.2 Å². The van der Waals surface area contributed by atoms with Crippen LogP contribution in [0.5, 0.6) is 0 Å². The lowest BCUT2D eigenvalue weighted by Gasteiger charge is -2.08. The van der Waals surface area contributed by atoms with Crippen LogP contribution < -0.4 is 5.32 Å². The highest BCUT2D eigenvalue weighted by Crippen LogP contribution is 2.21. The topological polar surface area (TPSA) is 88.2 Å². The van der Waals surface area contributed by atoms with Crippen molar-refractivity contribution in [3.05, 3.63) is 40.5 Å². The van der Waals surface area contributed by atoms with E-state index in [0.717, 1.165) is 4.47 Å². The molecule has 0 radical (unpaired) electrons. The van der Waals surface area contributed by atoms with Gasteiger partial charge in [-0.1, -0.05) is 21.1 Å². The van der Waals surface area contributed by atoms with Gasteiger partial charge in [0, 0.05) is 4.47 Å². The number of anilines is 1. The monoisotopic (exact) mass is 297 g/mol. The molecule has 6 nitrogen and oxygen atoms in total. The predicted octanol–water partition coefficient (Wildman–Crippen LogP) is 2.14. The number of halogens is 1. The molecule has 0 aliphatic heterocycles. The average Bonchev–Trinajstić information content (AvgIpc) is 2.78. The highest BCUT2D eigenvalue weighted by molar-refractivity contribution is 9.10. The van der Waals surface area contributed by atoms with Crippen LogP contribution in [-0.2, 0) is 6.54 Å². The smallest absolute Gasteiger partial charge is 0.337 e. The van der Waals surface area contributed by atoms with Gasteiger partial charge in [0.2, 0.25) is 6.39 Å². The largest absolute Gasteiger partial charge is 0.478 e. The number of hydrogen-bond acceptors (Lipinski definition) is 5. The summed E-state index contributed by atoms with van der Waals surface area (Å²) < 4.78 is 5.37. The second-order valence-corrected chi connectivity index (χ2v) is 4.11. The highest BCUT2D eigenvalue weighted by Gasteiger charge is 2.10. The zero-order chi connectivity index (χ0) is 12.3. The van der Waals surface area contributed by atoms with Crippen molar-refractivity contribution in [2.24, 2.45) is 0 Å². The fourth-order valence-electron chi connectivity index (χ4n) is 1.29. The van der Waals surface area contributed by atoms with Crippen molar-refractivity contribution in [3.8, 4) is 0 Å². The minimum Gasteiger partial charge on any atom is -0.478 e. The molecule has 1 aromatic heterocycles. The van der Waals surface area contributed by atoms with Crippen molar-refractivity contribution in [2.45, 2.75) is 6.54 Å². The van der Waals surface area contributed by atoms with Crippen LogP contribution in [0.2, 0.25) is 0 Å². The summed E-state index contributed by atoms with van der Waals surface area (Å²) in [7, 11) is 0. The third kappa shape index (κ3) is 2.82. The van der Waals surface area contributed by atoms with Gasteiger partial charge in [-0.05, 0) is 18.2 Å². The van der Waals surface area contributed by atoms with E-state index in [1.165, 1.54) is 12.5 Å². The third-order valence-corrected chi connectivity index (χ3v) is 2.55. The predicted molar refractivity (Wildman–Crippen MR) is 62.7 cm³/mol. The molecule has 1 aromatic carbocycles. The maximum absolute atomic E-state index is 11.0. The minimum atomic E-state index is -0.992. The number of nitrogens with one attached hydrogen (secondary N) is 1. The third-order valence-electron chi connectivity index (χ3n) is 2.06. The Labute approximate surface area is 105 Å². The molecule has 0 spiro atoms. The number of hydrogen-bond donors (Lipinski definition) is 2. The van der Waals surface area contributed by atoms with Gasteiger partial charge in [0.1, 0.15) is 0 Å². The van der Waals surface area contributed by atoms with Gasteiger partial charge in [-0.15, -0.1) is 0 Å². The van der Waals surface area contributed by atoms with Crippen LogP contribution in [0.3, 0.4) is 0 Å². The molecule has 0 unspecified atom stereocenters. The first-order valence-electron chi connectivity index (χ1n) is 4.69. The summed E-state index contributed by atoms with van der Waals surface area (Å²) in [6.07, 6.45) is 1.22. The first-order chi connectivity index (χ1) is 8.16. The van der Waals surface area contributed by atoms with E-state index in [0.29, 0.717) is 18.1 Å². The zero-order valence-corrected chi connectivity index (χ0v) is 10.1. The summed E-state index contributed by atoms with van der Waals surface area (Å²) in [6.45, 7) is 0.299. The maximum atomic E-state index is 11.0. The standard InChI is InChI=1S/C10H8BrN3O3/c11-6-1-2-7(10(15)16)8(3-6)12-4-9-13-5-17-14-9/h1-3,5,12H,4H2,(H,15,16). The van der Waals surface area contributed by atoms with Crippen LogP contribution in [-0.4, -0.2) is 21.2 Å². The Morgan fingerprint density at radius 2 is 2.35 bits per heavy atom. The van der Waals surface area contributed by atoms with Crippen LogP contribution in [0.4, 0.5) is 5.69 Å². The van der Waals surface area contributed by atoms with Crippen molar-refractivity contribution in [1.29, 1.82) is 0 Å². The Morgan fingerprint density at radius 1 is 1.53 bits per heavy atom. The molecule has 0 bridgehead atoms. The molecule has 0 aliphatic carbocycles. The molecule has 88 valence electrons. The summed E-state index contributed by atoms with van der Waals surface area (Å²) in [4.78, 5) is 14.8. The van der Waals surface area contributed by atoms with Crippen molar-refractivity contribution >= 4 is 27.6 Å². The lowest BCUT2D eigenvalue weighted by atomic mass is 10.2. The van der Waals surface area contributed by atoms with Crippen LogP contribution in [0, 0.1) is 0 Å². The molecule has 2 rings (SSSR count). The number of carbonyl (C=O) groups is 1. The fourth-order valence-corrected chi connectivity index (χ4v) is 1.65. The Morgan fingerprint density at radius 3 is 3.00 bits per heavy atom. The van der Waals surface area contributed by atoms with Gasteiger partial charge >= 0.3 is 5.97 Å². The van der Waals surface area contributed by atoms with Gasteiger partial charge in [-0.3, -0.25) is 0 Å². The number of carboxylic acid groups (broad SMARTS) is 1. The van der Waals surface area contributed by atoms with E-state index >= 15 is 0 Å². The van der Waals surface area contributed by atoms with E-state index in [9.17, 15) is 4.79 Å². The Hall–Kier alpha value is -1.89. The number of rotatable bonds is 4. The molecule has 2 aromatic rings. The Balaban J connectivity index is 2.19. The first kappa shape index (κ1) is 11.6. The van der Waals surface area contributed by atoms with Crippen molar-refractivity contribution in [1.82, 2.24) is 10.1 Å². The number of carboxylic acids is 1. The number of aromatic carboxylic acids is 1. The molecule has 2 N–H and O–H groups in total. The van der Waals surface area contributed by atoms with E-state index in [2.05, 4.69) is 35.9 Å². The summed E-state index contributed by atoms with van der Waals surface area (Å²) >= 11 is 3.28. The van der Waals surface area contributed by atoms with E-state index in [-0.39, 0.29) is 5.56 Å². The van der Waals surface area contributed by atoms with Gasteiger partial charge in [0.25, 0.3) is 0 Å². The second kappa shape index (κ2) is 4.96. The van der Waals surface area contributed by atoms with Gasteiger partial charge in [-0.2, -0.15) is 4.98 Å². The van der Waals surface area contributed by atoms with Crippen LogP contribution in [0.15, 0.2) is 33.6 Å². The molecular weight excluding hydrogens is 290 g/mol. The maximum Gasteiger partial charge on any atom is 0.337 e. The summed E-state index contributed by atoms with van der Waals surface area (Å²) in [5.41, 5.74) is 0.688. The fraction of sp³-hybridized carbons (Fsp3) is 0.100. The molecule has 7 heteroatoms. The van der Waals surface area contributed by atoms with Crippen molar-refractivity contribution in [3.63, 3.8) is 0 Å². The normalized spacial score (nSPS) is 10.2. The molecule has 0 amide bonds. The molecule has 0 saturated heterocycles. The minimum absolute atomic E-state index is 0.191. The first-order valence-corrected chi connectivity index (χ1v) is 5.48. The molecule has 17 heavy (non-hydrogen) atoms. The molecule has 0 fully saturated rings. The number of nitrogens with zero attached hydrogens (tertiary/aromatic N) is 2. The van der Waals surface area contributed by atoms with Gasteiger partial charge < -0.3 is 14.9 Å². The number of benzene rings is 1. The lowest BCUT2D eigenvalue weighted by Crippen LogP contribution is -2.07. The molecule has 0 aliphatic rings. The molecule has 0 saturated carbocycles. The van der Waals surface area contributed by atoms with Gasteiger partial charge in [0.15, 0.2) is 5.82 Å². The molecular formula is C10H8BrN3O3. The quantitative estimate of drug-likeness (QED) is 0.899. The SMILES string of the molecule is O=C(O)c1ccc(Br)cc1NCc1ncon1. The zero-order valence-electron chi connectivity index (χ0n) is 8.55. The highest BCUT2D eigenvalue weighted by atomic mass is 79.9. The van der Waals surface area contributed by atoms with Gasteiger partial charge in [-0.25, -0.2) is 4.79 Å². The van der Waals surface area contributed by atoms with Gasteiger partial charge in [0.05, 0.1) is 17.8 Å². The summed E-state index contributed by atoms with van der Waals surface area (Å²) in [5, 5.41) is 15.6. The van der Waals surface area contributed by atoms with Crippen LogP contribution in [0.25, 0.3) is 0 Å².